The molecule has 204 valence electrons. The molecule has 0 bridgehead atoms. The predicted octanol–water partition coefficient (Wildman–Crippen LogP) is 1.29. The molecule has 0 spiro atoms. The van der Waals surface area contributed by atoms with Crippen LogP contribution in [0.1, 0.15) is 12.8 Å². The third-order valence-corrected chi connectivity index (χ3v) is 5.14. The number of nitrogens with two attached hydrogens (primary N) is 4. The summed E-state index contributed by atoms with van der Waals surface area (Å²) in [5, 5.41) is 0. The van der Waals surface area contributed by atoms with Gasteiger partial charge in [-0.25, -0.2) is 0 Å². The fraction of sp³-hybridized carbons (Fsp3) is 1.00. The van der Waals surface area contributed by atoms with Crippen molar-refractivity contribution in [1.29, 1.82) is 0 Å². The lowest BCUT2D eigenvalue weighted by atomic mass is 10.2. The molecule has 32 heavy (non-hydrogen) atoms. The van der Waals surface area contributed by atoms with Gasteiger partial charge < -0.3 is 42.5 Å². The highest BCUT2D eigenvalue weighted by molar-refractivity contribution is 8.93. The Labute approximate surface area is 259 Å². The molecule has 1 rings (SSSR count). The molecule has 8 nitrogen and oxygen atoms in total. The van der Waals surface area contributed by atoms with Crippen molar-refractivity contribution >= 4 is 102 Å². The predicted molar refractivity (Wildman–Crippen MR) is 173 cm³/mol. The first kappa shape index (κ1) is 47.7. The molecule has 0 aliphatic carbocycles. The number of hydrogen-bond acceptors (Lipinski definition) is 8. The molecule has 0 radical (unpaired) electrons. The molecule has 0 amide bonds. The van der Waals surface area contributed by atoms with Crippen LogP contribution in [-0.4, -0.2) is 124 Å². The van der Waals surface area contributed by atoms with Crippen molar-refractivity contribution < 1.29 is 0 Å². The fourth-order valence-corrected chi connectivity index (χ4v) is 3.67. The van der Waals surface area contributed by atoms with Crippen molar-refractivity contribution in [3.8, 4) is 0 Å². The van der Waals surface area contributed by atoms with Crippen LogP contribution in [0, 0.1) is 0 Å². The van der Waals surface area contributed by atoms with Gasteiger partial charge in [0.1, 0.15) is 0 Å². The van der Waals surface area contributed by atoms with E-state index in [1.807, 2.05) is 0 Å². The van der Waals surface area contributed by atoms with Crippen molar-refractivity contribution in [2.75, 3.05) is 105 Å². The first-order valence-electron chi connectivity index (χ1n) is 10.4. The SMILES string of the molecule is Br.Br.Br.Br.Br.Br.NCCN1CCCN(CCN)CCN(CCN)CCCN(CCN)CC1. The van der Waals surface area contributed by atoms with Gasteiger partial charge in [0, 0.05) is 78.5 Å². The maximum atomic E-state index is 5.82. The minimum absolute atomic E-state index is 0. The number of rotatable bonds is 8. The summed E-state index contributed by atoms with van der Waals surface area (Å²) in [5.74, 6) is 0. The van der Waals surface area contributed by atoms with Crippen LogP contribution in [-0.2, 0) is 0 Å². The minimum Gasteiger partial charge on any atom is -0.329 e. The molecule has 1 fully saturated rings. The highest BCUT2D eigenvalue weighted by Gasteiger charge is 2.13. The van der Waals surface area contributed by atoms with Crippen LogP contribution >= 0.6 is 102 Å². The zero-order valence-electron chi connectivity index (χ0n) is 19.3. The first-order chi connectivity index (χ1) is 12.7. The summed E-state index contributed by atoms with van der Waals surface area (Å²) < 4.78 is 0. The highest BCUT2D eigenvalue weighted by atomic mass is 79.9. The van der Waals surface area contributed by atoms with Crippen LogP contribution in [0.2, 0.25) is 0 Å². The lowest BCUT2D eigenvalue weighted by molar-refractivity contribution is 0.163. The Hall–Kier alpha value is 2.56. The van der Waals surface area contributed by atoms with Gasteiger partial charge >= 0.3 is 0 Å². The van der Waals surface area contributed by atoms with Gasteiger partial charge in [0.25, 0.3) is 0 Å². The lowest BCUT2D eigenvalue weighted by Gasteiger charge is -2.31. The largest absolute Gasteiger partial charge is 0.329 e. The molecule has 1 aliphatic rings. The molecule has 1 aliphatic heterocycles. The first-order valence-corrected chi connectivity index (χ1v) is 10.4. The Morgan fingerprint density at radius 3 is 0.688 bits per heavy atom. The molecule has 0 unspecified atom stereocenters. The van der Waals surface area contributed by atoms with E-state index < -0.39 is 0 Å². The van der Waals surface area contributed by atoms with Gasteiger partial charge in [0.2, 0.25) is 0 Å². The summed E-state index contributed by atoms with van der Waals surface area (Å²) in [6.07, 6.45) is 2.32. The van der Waals surface area contributed by atoms with Crippen molar-refractivity contribution in [2.45, 2.75) is 12.8 Å². The van der Waals surface area contributed by atoms with Crippen molar-refractivity contribution in [2.24, 2.45) is 22.9 Å². The van der Waals surface area contributed by atoms with Crippen LogP contribution in [0.4, 0.5) is 0 Å². The normalized spacial score (nSPS) is 17.6. The van der Waals surface area contributed by atoms with Crippen molar-refractivity contribution in [3.63, 3.8) is 0 Å². The van der Waals surface area contributed by atoms with Crippen LogP contribution in [0.25, 0.3) is 0 Å². The van der Waals surface area contributed by atoms with Crippen LogP contribution in [0.3, 0.4) is 0 Å². The Balaban J connectivity index is -0.000000282. The molecule has 0 atom stereocenters. The van der Waals surface area contributed by atoms with Gasteiger partial charge in [0.15, 0.2) is 0 Å². The smallest absolute Gasteiger partial charge is 0.0110 e. The van der Waals surface area contributed by atoms with Crippen LogP contribution in [0.15, 0.2) is 0 Å². The molecule has 14 heteroatoms. The Morgan fingerprint density at radius 1 is 0.344 bits per heavy atom. The number of halogens is 6. The van der Waals surface area contributed by atoms with Crippen molar-refractivity contribution in [1.82, 2.24) is 19.6 Å². The number of hydrogen-bond donors (Lipinski definition) is 4. The topological polar surface area (TPSA) is 117 Å². The third-order valence-electron chi connectivity index (χ3n) is 5.14. The van der Waals surface area contributed by atoms with E-state index in [9.17, 15) is 0 Å². The zero-order chi connectivity index (χ0) is 19.0. The Morgan fingerprint density at radius 2 is 0.531 bits per heavy atom. The Bertz CT molecular complexity index is 282. The van der Waals surface area contributed by atoms with Gasteiger partial charge in [-0.2, -0.15) is 0 Å². The summed E-state index contributed by atoms with van der Waals surface area (Å²) in [4.78, 5) is 9.99. The van der Waals surface area contributed by atoms with Crippen molar-refractivity contribution in [3.05, 3.63) is 0 Å². The van der Waals surface area contributed by atoms with E-state index >= 15 is 0 Å². The molecule has 8 N–H and O–H groups in total. The molecule has 0 saturated carbocycles. The standard InChI is InChI=1S/C18H44N8.6BrH/c19-3-11-23-7-1-8-24(12-4-20)16-18-26(14-6-22)10-2-9-25(13-5-21)17-15-23;;;;;;/h1-22H2;6*1H. The van der Waals surface area contributed by atoms with E-state index in [0.717, 1.165) is 118 Å². The van der Waals surface area contributed by atoms with E-state index in [-0.39, 0.29) is 102 Å². The Kier molecular flexibility index (Phi) is 50.0. The van der Waals surface area contributed by atoms with E-state index in [4.69, 9.17) is 22.9 Å². The summed E-state index contributed by atoms with van der Waals surface area (Å²) in [5.41, 5.74) is 23.3. The highest BCUT2D eigenvalue weighted by Crippen LogP contribution is 2.02. The molecule has 0 aromatic carbocycles. The van der Waals surface area contributed by atoms with E-state index in [0.29, 0.717) is 0 Å². The second-order valence-electron chi connectivity index (χ2n) is 7.23. The molecular formula is C18H50Br6N8. The average Bonchev–Trinajstić information content (AvgIpc) is 2.63. The maximum Gasteiger partial charge on any atom is 0.0110 e. The van der Waals surface area contributed by atoms with Gasteiger partial charge in [-0.05, 0) is 39.0 Å². The molecule has 1 saturated heterocycles. The van der Waals surface area contributed by atoms with Gasteiger partial charge in [-0.15, -0.1) is 102 Å². The minimum atomic E-state index is 0. The second kappa shape index (κ2) is 33.6. The van der Waals surface area contributed by atoms with E-state index in [1.165, 1.54) is 0 Å². The van der Waals surface area contributed by atoms with Gasteiger partial charge in [-0.3, -0.25) is 0 Å². The van der Waals surface area contributed by atoms with E-state index in [1.54, 1.807) is 0 Å². The fourth-order valence-electron chi connectivity index (χ4n) is 3.67. The van der Waals surface area contributed by atoms with E-state index in [2.05, 4.69) is 19.6 Å². The van der Waals surface area contributed by atoms with Gasteiger partial charge in [0.05, 0.1) is 0 Å². The second-order valence-corrected chi connectivity index (χ2v) is 7.23. The van der Waals surface area contributed by atoms with Crippen LogP contribution in [0.5, 0.6) is 0 Å². The number of nitrogens with zero attached hydrogens (tertiary/aromatic N) is 4. The van der Waals surface area contributed by atoms with Gasteiger partial charge in [-0.1, -0.05) is 0 Å². The molecule has 0 aromatic heterocycles. The quantitative estimate of drug-likeness (QED) is 0.289. The molecular weight excluding hydrogens is 808 g/mol. The monoisotopic (exact) mass is 852 g/mol. The van der Waals surface area contributed by atoms with Crippen LogP contribution < -0.4 is 22.9 Å². The summed E-state index contributed by atoms with van der Waals surface area (Å²) in [6, 6.07) is 0. The summed E-state index contributed by atoms with van der Waals surface area (Å²) >= 11 is 0. The summed E-state index contributed by atoms with van der Waals surface area (Å²) in [7, 11) is 0. The summed E-state index contributed by atoms with van der Waals surface area (Å²) in [6.45, 7) is 15.4. The maximum absolute atomic E-state index is 5.82. The molecule has 1 heterocycles. The molecule has 0 aromatic rings. The third kappa shape index (κ3) is 24.3. The lowest BCUT2D eigenvalue weighted by Crippen LogP contribution is -2.44. The average molecular weight is 858 g/mol. The zero-order valence-corrected chi connectivity index (χ0v) is 29.6.